The van der Waals surface area contributed by atoms with Crippen molar-refractivity contribution in [2.75, 3.05) is 32.1 Å². The third-order valence-electron chi connectivity index (χ3n) is 3.86. The first kappa shape index (κ1) is 15.3. The van der Waals surface area contributed by atoms with Crippen LogP contribution in [0.25, 0.3) is 0 Å². The van der Waals surface area contributed by atoms with Gasteiger partial charge in [0.1, 0.15) is 5.82 Å². The number of hydrogen-bond donors (Lipinski definition) is 1. The zero-order valence-corrected chi connectivity index (χ0v) is 13.0. The van der Waals surface area contributed by atoms with Crippen molar-refractivity contribution >= 4 is 5.82 Å². The Kier molecular flexibility index (Phi) is 5.38. The van der Waals surface area contributed by atoms with Crippen LogP contribution < -0.4 is 4.90 Å². The summed E-state index contributed by atoms with van der Waals surface area (Å²) >= 11 is 0. The molecule has 2 heterocycles. The Labute approximate surface area is 122 Å². The lowest BCUT2D eigenvalue weighted by Crippen LogP contribution is -2.38. The van der Waals surface area contributed by atoms with E-state index in [4.69, 9.17) is 4.98 Å². The molecule has 0 amide bonds. The Morgan fingerprint density at radius 3 is 2.85 bits per heavy atom. The molecule has 0 saturated carbocycles. The van der Waals surface area contributed by atoms with Crippen LogP contribution in [0, 0.1) is 0 Å². The predicted octanol–water partition coefficient (Wildman–Crippen LogP) is 2.06. The molecule has 1 atom stereocenters. The van der Waals surface area contributed by atoms with E-state index in [-0.39, 0.29) is 6.61 Å². The predicted molar refractivity (Wildman–Crippen MR) is 83.1 cm³/mol. The normalized spacial score (nSPS) is 19.1. The molecule has 0 bridgehead atoms. The van der Waals surface area contributed by atoms with Crippen molar-refractivity contribution in [1.29, 1.82) is 0 Å². The summed E-state index contributed by atoms with van der Waals surface area (Å²) < 4.78 is 0. The average Bonchev–Trinajstić information content (AvgIpc) is 2.86. The fraction of sp³-hybridized carbons (Fsp3) is 0.688. The van der Waals surface area contributed by atoms with Gasteiger partial charge in [-0.15, -0.1) is 0 Å². The monoisotopic (exact) mass is 277 g/mol. The van der Waals surface area contributed by atoms with Gasteiger partial charge in [-0.25, -0.2) is 4.98 Å². The van der Waals surface area contributed by atoms with Gasteiger partial charge in [-0.3, -0.25) is 0 Å². The number of aryl methyl sites for hydroxylation is 1. The van der Waals surface area contributed by atoms with Crippen LogP contribution in [0.15, 0.2) is 12.1 Å². The molecule has 1 aromatic rings. The van der Waals surface area contributed by atoms with E-state index in [1.54, 1.807) is 0 Å². The van der Waals surface area contributed by atoms with Crippen molar-refractivity contribution in [1.82, 2.24) is 9.88 Å². The molecule has 1 saturated heterocycles. The molecule has 1 fully saturated rings. The van der Waals surface area contributed by atoms with E-state index in [0.29, 0.717) is 6.04 Å². The highest BCUT2D eigenvalue weighted by atomic mass is 16.3. The van der Waals surface area contributed by atoms with Crippen molar-refractivity contribution in [2.24, 2.45) is 0 Å². The molecule has 1 aliphatic rings. The van der Waals surface area contributed by atoms with Gasteiger partial charge in [0.2, 0.25) is 0 Å². The lowest BCUT2D eigenvalue weighted by atomic mass is 10.1. The minimum atomic E-state index is 0.0957. The molecule has 0 radical (unpaired) electrons. The van der Waals surface area contributed by atoms with E-state index in [2.05, 4.69) is 30.8 Å². The maximum absolute atomic E-state index is 9.45. The zero-order chi connectivity index (χ0) is 14.5. The van der Waals surface area contributed by atoms with Crippen LogP contribution in [0.1, 0.15) is 37.4 Å². The molecule has 1 N–H and O–H groups in total. The summed E-state index contributed by atoms with van der Waals surface area (Å²) in [5.41, 5.74) is 2.08. The molecule has 1 aliphatic heterocycles. The van der Waals surface area contributed by atoms with E-state index in [1.807, 2.05) is 12.1 Å². The Bertz CT molecular complexity index is 434. The van der Waals surface area contributed by atoms with Crippen LogP contribution in [0.3, 0.4) is 0 Å². The lowest BCUT2D eigenvalue weighted by Gasteiger charge is -2.28. The largest absolute Gasteiger partial charge is 0.392 e. The maximum Gasteiger partial charge on any atom is 0.129 e. The number of rotatable bonds is 6. The number of hydrogen-bond acceptors (Lipinski definition) is 4. The Morgan fingerprint density at radius 2 is 2.20 bits per heavy atom. The second kappa shape index (κ2) is 7.04. The molecule has 4 heteroatoms. The van der Waals surface area contributed by atoms with E-state index >= 15 is 0 Å². The van der Waals surface area contributed by atoms with Crippen molar-refractivity contribution in [2.45, 2.75) is 45.3 Å². The second-order valence-corrected chi connectivity index (χ2v) is 5.98. The number of nitrogens with zero attached hydrogens (tertiary/aromatic N) is 3. The van der Waals surface area contributed by atoms with E-state index < -0.39 is 0 Å². The van der Waals surface area contributed by atoms with Crippen LogP contribution >= 0.6 is 0 Å². The third-order valence-corrected chi connectivity index (χ3v) is 3.86. The van der Waals surface area contributed by atoms with E-state index in [9.17, 15) is 5.11 Å². The minimum Gasteiger partial charge on any atom is -0.392 e. The molecule has 1 unspecified atom stereocenters. The van der Waals surface area contributed by atoms with Crippen LogP contribution in [-0.4, -0.2) is 48.2 Å². The highest BCUT2D eigenvalue weighted by Crippen LogP contribution is 2.26. The Balaban J connectivity index is 2.23. The smallest absolute Gasteiger partial charge is 0.129 e. The van der Waals surface area contributed by atoms with Crippen LogP contribution in [-0.2, 0) is 13.0 Å². The van der Waals surface area contributed by atoms with Crippen molar-refractivity contribution < 1.29 is 5.11 Å². The molecule has 112 valence electrons. The molecule has 0 aromatic carbocycles. The van der Waals surface area contributed by atoms with Crippen LogP contribution in [0.4, 0.5) is 5.82 Å². The van der Waals surface area contributed by atoms with Gasteiger partial charge >= 0.3 is 0 Å². The molecular weight excluding hydrogens is 250 g/mol. The minimum absolute atomic E-state index is 0.0957. The van der Waals surface area contributed by atoms with Gasteiger partial charge in [0.25, 0.3) is 0 Å². The Morgan fingerprint density at radius 1 is 1.40 bits per heavy atom. The summed E-state index contributed by atoms with van der Waals surface area (Å²) in [6.07, 6.45) is 4.52. The molecule has 0 spiro atoms. The summed E-state index contributed by atoms with van der Waals surface area (Å²) in [5.74, 6) is 1.05. The Hall–Kier alpha value is -1.13. The van der Waals surface area contributed by atoms with Crippen LogP contribution in [0.5, 0.6) is 0 Å². The zero-order valence-electron chi connectivity index (χ0n) is 13.0. The molecule has 0 aliphatic carbocycles. The molecule has 4 nitrogen and oxygen atoms in total. The second-order valence-electron chi connectivity index (χ2n) is 5.98. The van der Waals surface area contributed by atoms with Gasteiger partial charge in [0, 0.05) is 24.8 Å². The highest BCUT2D eigenvalue weighted by Gasteiger charge is 2.26. The molecule has 20 heavy (non-hydrogen) atoms. The number of anilines is 1. The van der Waals surface area contributed by atoms with Gasteiger partial charge in [-0.2, -0.15) is 0 Å². The quantitative estimate of drug-likeness (QED) is 0.864. The number of aliphatic hydroxyl groups excluding tert-OH is 1. The first-order valence-corrected chi connectivity index (χ1v) is 7.66. The molecular formula is C16H27N3O. The van der Waals surface area contributed by atoms with Crippen molar-refractivity contribution in [3.63, 3.8) is 0 Å². The maximum atomic E-state index is 9.45. The standard InChI is InChI=1S/C16H27N3O/c1-4-6-14-9-13(12-20)10-16(17-14)19-8-5-7-15(19)11-18(2)3/h9-10,15,20H,4-8,11-12H2,1-3H3. The van der Waals surface area contributed by atoms with Gasteiger partial charge in [0.05, 0.1) is 6.61 Å². The number of aromatic nitrogens is 1. The van der Waals surface area contributed by atoms with E-state index in [0.717, 1.165) is 43.0 Å². The molecule has 1 aromatic heterocycles. The fourth-order valence-electron chi connectivity index (χ4n) is 3.00. The first-order valence-electron chi connectivity index (χ1n) is 7.66. The van der Waals surface area contributed by atoms with Gasteiger partial charge in [0.15, 0.2) is 0 Å². The fourth-order valence-corrected chi connectivity index (χ4v) is 3.00. The summed E-state index contributed by atoms with van der Waals surface area (Å²) in [5, 5.41) is 9.45. The first-order chi connectivity index (χ1) is 9.63. The van der Waals surface area contributed by atoms with Crippen molar-refractivity contribution in [3.8, 4) is 0 Å². The summed E-state index contributed by atoms with van der Waals surface area (Å²) in [6.45, 7) is 4.40. The number of pyridine rings is 1. The summed E-state index contributed by atoms with van der Waals surface area (Å²) in [4.78, 5) is 9.46. The molecule has 2 rings (SSSR count). The average molecular weight is 277 g/mol. The van der Waals surface area contributed by atoms with Crippen LogP contribution in [0.2, 0.25) is 0 Å². The van der Waals surface area contributed by atoms with Gasteiger partial charge in [-0.1, -0.05) is 13.3 Å². The topological polar surface area (TPSA) is 39.6 Å². The van der Waals surface area contributed by atoms with E-state index in [1.165, 1.54) is 12.8 Å². The van der Waals surface area contributed by atoms with Gasteiger partial charge < -0.3 is 14.9 Å². The third kappa shape index (κ3) is 3.70. The number of likely N-dealkylation sites (N-methyl/N-ethyl adjacent to an activating group) is 1. The highest BCUT2D eigenvalue weighted by molar-refractivity contribution is 5.45. The SMILES string of the molecule is CCCc1cc(CO)cc(N2CCCC2CN(C)C)n1. The van der Waals surface area contributed by atoms with Gasteiger partial charge in [-0.05, 0) is 51.1 Å². The summed E-state index contributed by atoms with van der Waals surface area (Å²) in [7, 11) is 4.24. The lowest BCUT2D eigenvalue weighted by molar-refractivity contribution is 0.281. The summed E-state index contributed by atoms with van der Waals surface area (Å²) in [6, 6.07) is 4.62. The van der Waals surface area contributed by atoms with Crippen molar-refractivity contribution in [3.05, 3.63) is 23.4 Å². The number of aliphatic hydroxyl groups is 1.